The number of furan rings is 1. The summed E-state index contributed by atoms with van der Waals surface area (Å²) in [5.41, 5.74) is 2.90. The maximum Gasteiger partial charge on any atom is 0.336 e. The van der Waals surface area contributed by atoms with Crippen LogP contribution in [0.15, 0.2) is 36.9 Å². The first-order valence-electron chi connectivity index (χ1n) is 5.62. The molecule has 0 spiro atoms. The van der Waals surface area contributed by atoms with Crippen molar-refractivity contribution in [1.82, 2.24) is 0 Å². The third-order valence-corrected chi connectivity index (χ3v) is 3.73. The van der Waals surface area contributed by atoms with Gasteiger partial charge in [0, 0.05) is 22.4 Å². The van der Waals surface area contributed by atoms with Crippen LogP contribution in [0.2, 0.25) is 0 Å². The molecule has 0 atom stereocenters. The quantitative estimate of drug-likeness (QED) is 0.492. The standard InChI is InChI=1S/C14H12O3S/c1-7-4-11(15)16-14-8(2)13-9(5-10(7)14)6-12(17-13)18-3/h4-6H,1-3H3. The molecule has 18 heavy (non-hydrogen) atoms. The van der Waals surface area contributed by atoms with E-state index < -0.39 is 0 Å². The van der Waals surface area contributed by atoms with Gasteiger partial charge in [0.1, 0.15) is 11.2 Å². The number of fused-ring (bicyclic) bond motifs is 2. The summed E-state index contributed by atoms with van der Waals surface area (Å²) in [6.07, 6.45) is 1.97. The molecule has 4 heteroatoms. The molecule has 2 heterocycles. The Kier molecular flexibility index (Phi) is 2.48. The number of thioether (sulfide) groups is 1. The molecular formula is C14H12O3S. The molecule has 0 aliphatic heterocycles. The SMILES string of the molecule is CSc1cc2cc3c(C)cc(=O)oc3c(C)c2o1. The predicted octanol–water partition coefficient (Wildman–Crippen LogP) is 3.88. The minimum Gasteiger partial charge on any atom is -0.449 e. The Morgan fingerprint density at radius 3 is 2.56 bits per heavy atom. The average molecular weight is 260 g/mol. The van der Waals surface area contributed by atoms with Crippen molar-refractivity contribution in [1.29, 1.82) is 0 Å². The predicted molar refractivity (Wildman–Crippen MR) is 73.5 cm³/mol. The molecule has 2 aromatic heterocycles. The van der Waals surface area contributed by atoms with E-state index in [4.69, 9.17) is 8.83 Å². The maximum absolute atomic E-state index is 11.5. The first-order valence-corrected chi connectivity index (χ1v) is 6.84. The minimum atomic E-state index is -0.320. The zero-order valence-electron chi connectivity index (χ0n) is 10.4. The monoisotopic (exact) mass is 260 g/mol. The highest BCUT2D eigenvalue weighted by atomic mass is 32.2. The van der Waals surface area contributed by atoms with Gasteiger partial charge in [-0.3, -0.25) is 0 Å². The molecule has 0 aliphatic carbocycles. The van der Waals surface area contributed by atoms with Crippen molar-refractivity contribution in [3.63, 3.8) is 0 Å². The van der Waals surface area contributed by atoms with E-state index >= 15 is 0 Å². The van der Waals surface area contributed by atoms with Crippen LogP contribution in [0.1, 0.15) is 11.1 Å². The number of hydrogen-bond acceptors (Lipinski definition) is 4. The highest BCUT2D eigenvalue weighted by Gasteiger charge is 2.13. The van der Waals surface area contributed by atoms with Gasteiger partial charge in [0.2, 0.25) is 0 Å². The van der Waals surface area contributed by atoms with Crippen LogP contribution in [0.25, 0.3) is 21.9 Å². The Labute approximate surface area is 108 Å². The molecule has 0 bridgehead atoms. The fourth-order valence-electron chi connectivity index (χ4n) is 2.22. The van der Waals surface area contributed by atoms with Gasteiger partial charge in [0.05, 0.1) is 0 Å². The average Bonchev–Trinajstić information content (AvgIpc) is 2.74. The Bertz CT molecular complexity index is 811. The largest absolute Gasteiger partial charge is 0.449 e. The van der Waals surface area contributed by atoms with Crippen LogP contribution >= 0.6 is 11.8 Å². The van der Waals surface area contributed by atoms with E-state index in [2.05, 4.69) is 0 Å². The van der Waals surface area contributed by atoms with Gasteiger partial charge in [-0.25, -0.2) is 4.79 Å². The van der Waals surface area contributed by atoms with Crippen LogP contribution in [0.3, 0.4) is 0 Å². The molecule has 92 valence electrons. The van der Waals surface area contributed by atoms with Gasteiger partial charge in [-0.15, -0.1) is 0 Å². The fraction of sp³-hybridized carbons (Fsp3) is 0.214. The van der Waals surface area contributed by atoms with Gasteiger partial charge in [-0.05, 0) is 37.8 Å². The smallest absolute Gasteiger partial charge is 0.336 e. The molecule has 3 rings (SSSR count). The topological polar surface area (TPSA) is 43.4 Å². The van der Waals surface area contributed by atoms with Crippen molar-refractivity contribution in [2.75, 3.05) is 6.26 Å². The van der Waals surface area contributed by atoms with Crippen molar-refractivity contribution < 1.29 is 8.83 Å². The molecular weight excluding hydrogens is 248 g/mol. The molecule has 0 N–H and O–H groups in total. The zero-order valence-corrected chi connectivity index (χ0v) is 11.2. The number of aryl methyl sites for hydroxylation is 2. The first-order chi connectivity index (χ1) is 8.60. The number of rotatable bonds is 1. The molecule has 0 saturated carbocycles. The summed E-state index contributed by atoms with van der Waals surface area (Å²) in [5.74, 6) is 0. The third-order valence-electron chi connectivity index (χ3n) is 3.13. The summed E-state index contributed by atoms with van der Waals surface area (Å²) in [7, 11) is 0. The van der Waals surface area contributed by atoms with Crippen molar-refractivity contribution >= 4 is 33.7 Å². The van der Waals surface area contributed by atoms with Crippen LogP contribution in [0.5, 0.6) is 0 Å². The molecule has 3 aromatic rings. The van der Waals surface area contributed by atoms with Crippen LogP contribution in [0.4, 0.5) is 0 Å². The summed E-state index contributed by atoms with van der Waals surface area (Å²) in [6, 6.07) is 5.54. The highest BCUT2D eigenvalue weighted by molar-refractivity contribution is 7.98. The summed E-state index contributed by atoms with van der Waals surface area (Å²) >= 11 is 1.56. The number of benzene rings is 1. The van der Waals surface area contributed by atoms with Crippen LogP contribution in [-0.2, 0) is 0 Å². The van der Waals surface area contributed by atoms with Crippen LogP contribution in [0, 0.1) is 13.8 Å². The van der Waals surface area contributed by atoms with Gasteiger partial charge >= 0.3 is 5.63 Å². The van der Waals surface area contributed by atoms with Crippen molar-refractivity contribution in [3.05, 3.63) is 39.7 Å². The second kappa shape index (κ2) is 3.92. The van der Waals surface area contributed by atoms with Crippen molar-refractivity contribution in [2.24, 2.45) is 0 Å². The van der Waals surface area contributed by atoms with Crippen LogP contribution < -0.4 is 5.63 Å². The van der Waals surface area contributed by atoms with Crippen LogP contribution in [-0.4, -0.2) is 6.26 Å². The lowest BCUT2D eigenvalue weighted by molar-refractivity contribution is 0.511. The van der Waals surface area contributed by atoms with Crippen molar-refractivity contribution in [2.45, 2.75) is 18.9 Å². The van der Waals surface area contributed by atoms with E-state index in [1.54, 1.807) is 11.8 Å². The molecule has 0 amide bonds. The van der Waals surface area contributed by atoms with E-state index in [1.165, 1.54) is 6.07 Å². The second-order valence-electron chi connectivity index (χ2n) is 4.31. The van der Waals surface area contributed by atoms with Gasteiger partial charge in [0.25, 0.3) is 0 Å². The zero-order chi connectivity index (χ0) is 12.9. The molecule has 3 nitrogen and oxygen atoms in total. The van der Waals surface area contributed by atoms with Gasteiger partial charge in [-0.1, -0.05) is 11.8 Å². The summed E-state index contributed by atoms with van der Waals surface area (Å²) in [5, 5.41) is 2.87. The third kappa shape index (κ3) is 1.56. The lowest BCUT2D eigenvalue weighted by Crippen LogP contribution is -1.98. The lowest BCUT2D eigenvalue weighted by atomic mass is 10.1. The Balaban J connectivity index is 2.54. The lowest BCUT2D eigenvalue weighted by Gasteiger charge is -2.03. The molecule has 0 fully saturated rings. The van der Waals surface area contributed by atoms with E-state index in [1.807, 2.05) is 32.2 Å². The molecule has 1 aromatic carbocycles. The maximum atomic E-state index is 11.5. The first kappa shape index (κ1) is 11.4. The molecule has 0 unspecified atom stereocenters. The van der Waals surface area contributed by atoms with Crippen molar-refractivity contribution in [3.8, 4) is 0 Å². The highest BCUT2D eigenvalue weighted by Crippen LogP contribution is 2.33. The summed E-state index contributed by atoms with van der Waals surface area (Å²) < 4.78 is 11.0. The molecule has 0 aliphatic rings. The Morgan fingerprint density at radius 1 is 1.06 bits per heavy atom. The minimum absolute atomic E-state index is 0.320. The van der Waals surface area contributed by atoms with Gasteiger partial charge < -0.3 is 8.83 Å². The molecule has 0 radical (unpaired) electrons. The van der Waals surface area contributed by atoms with E-state index in [0.29, 0.717) is 5.58 Å². The van der Waals surface area contributed by atoms with E-state index in [0.717, 1.165) is 32.6 Å². The Morgan fingerprint density at radius 2 is 1.83 bits per heavy atom. The van der Waals surface area contributed by atoms with E-state index in [-0.39, 0.29) is 5.63 Å². The van der Waals surface area contributed by atoms with Gasteiger partial charge in [0.15, 0.2) is 5.09 Å². The normalized spacial score (nSPS) is 11.5. The summed E-state index contributed by atoms with van der Waals surface area (Å²) in [6.45, 7) is 3.83. The second-order valence-corrected chi connectivity index (χ2v) is 5.13. The fourth-order valence-corrected chi connectivity index (χ4v) is 2.63. The summed E-state index contributed by atoms with van der Waals surface area (Å²) in [4.78, 5) is 11.5. The van der Waals surface area contributed by atoms with E-state index in [9.17, 15) is 4.79 Å². The van der Waals surface area contributed by atoms with Gasteiger partial charge in [-0.2, -0.15) is 0 Å². The number of hydrogen-bond donors (Lipinski definition) is 0. The Hall–Kier alpha value is -1.68. The molecule has 0 saturated heterocycles.